The van der Waals surface area contributed by atoms with E-state index >= 15 is 0 Å². The Hall–Kier alpha value is -2.83. The molecule has 0 saturated carbocycles. The predicted octanol–water partition coefficient (Wildman–Crippen LogP) is 5.41. The third kappa shape index (κ3) is 4.71. The van der Waals surface area contributed by atoms with Gasteiger partial charge in [-0.3, -0.25) is 0 Å². The number of pyridine rings is 1. The minimum Gasteiger partial charge on any atom is -0.505 e. The molecule has 28 heavy (non-hydrogen) atoms. The second-order valence-electron chi connectivity index (χ2n) is 6.66. The van der Waals surface area contributed by atoms with Crippen LogP contribution in [0.3, 0.4) is 0 Å². The first-order valence-corrected chi connectivity index (χ1v) is 9.53. The molecule has 0 aliphatic carbocycles. The van der Waals surface area contributed by atoms with Crippen molar-refractivity contribution in [2.45, 2.75) is 45.4 Å². The number of unbranched alkanes of at least 4 members (excludes halogenated alkanes) is 5. The summed E-state index contributed by atoms with van der Waals surface area (Å²) < 4.78 is 34.9. The van der Waals surface area contributed by atoms with Gasteiger partial charge in [0.1, 0.15) is 5.82 Å². The minimum absolute atomic E-state index is 0.0361. The first kappa shape index (κ1) is 19.9. The minimum atomic E-state index is -0.937. The Morgan fingerprint density at radius 3 is 2.46 bits per heavy atom. The Balaban J connectivity index is 1.73. The van der Waals surface area contributed by atoms with Gasteiger partial charge in [-0.05, 0) is 17.9 Å². The van der Waals surface area contributed by atoms with Gasteiger partial charge in [0.15, 0.2) is 11.6 Å². The lowest BCUT2D eigenvalue weighted by Gasteiger charge is -2.09. The molecule has 2 aromatic heterocycles. The summed E-state index contributed by atoms with van der Waals surface area (Å²) in [6.07, 6.45) is 9.04. The zero-order valence-corrected chi connectivity index (χ0v) is 15.8. The zero-order chi connectivity index (χ0) is 19.9. The number of hydrogen-bond acceptors (Lipinski definition) is 5. The number of hydrogen-bond donors (Lipinski definition) is 1. The number of ether oxygens (including phenoxy) is 1. The van der Waals surface area contributed by atoms with E-state index in [4.69, 9.17) is 4.74 Å². The summed E-state index contributed by atoms with van der Waals surface area (Å²) in [6.45, 7) is 2.62. The maximum absolute atomic E-state index is 14.8. The molecule has 0 aliphatic heterocycles. The van der Waals surface area contributed by atoms with E-state index in [1.54, 1.807) is 6.07 Å². The quantitative estimate of drug-likeness (QED) is 0.392. The van der Waals surface area contributed by atoms with Crippen LogP contribution < -0.4 is 4.74 Å². The molecule has 148 valence electrons. The molecule has 0 radical (unpaired) electrons. The molecule has 0 bridgehead atoms. The first-order valence-electron chi connectivity index (χ1n) is 9.53. The molecule has 0 amide bonds. The van der Waals surface area contributed by atoms with Gasteiger partial charge in [0, 0.05) is 6.07 Å². The van der Waals surface area contributed by atoms with Crippen molar-refractivity contribution in [2.75, 3.05) is 6.61 Å². The Labute approximate surface area is 162 Å². The molecule has 0 spiro atoms. The molecular weight excluding hydrogens is 364 g/mol. The summed E-state index contributed by atoms with van der Waals surface area (Å²) in [5.41, 5.74) is 0.0361. The van der Waals surface area contributed by atoms with Gasteiger partial charge in [-0.15, -0.1) is 0 Å². The fourth-order valence-electron chi connectivity index (χ4n) is 3.00. The van der Waals surface area contributed by atoms with Crippen molar-refractivity contribution in [1.82, 2.24) is 15.0 Å². The van der Waals surface area contributed by atoms with E-state index in [0.29, 0.717) is 12.0 Å². The fraction of sp³-hybridized carbons (Fsp3) is 0.381. The second-order valence-corrected chi connectivity index (χ2v) is 6.66. The van der Waals surface area contributed by atoms with E-state index in [0.717, 1.165) is 31.7 Å². The monoisotopic (exact) mass is 387 g/mol. The van der Waals surface area contributed by atoms with Crippen LogP contribution in [0.4, 0.5) is 8.78 Å². The number of aromatic hydroxyl groups is 1. The molecule has 1 aromatic carbocycles. The number of halogens is 2. The van der Waals surface area contributed by atoms with E-state index in [1.807, 2.05) is 0 Å². The normalized spacial score (nSPS) is 11.1. The molecule has 3 aromatic rings. The molecule has 2 heterocycles. The van der Waals surface area contributed by atoms with Gasteiger partial charge in [-0.1, -0.05) is 45.1 Å². The lowest BCUT2D eigenvalue weighted by molar-refractivity contribution is 0.290. The standard InChI is InChI=1S/C21H23F2N3O2/c1-2-3-4-5-6-7-10-28-17-11-14-8-9-16(19(22)18(14)20(23)26-17)21-24-12-15(27)13-25-21/h8-9,11-13,27H,2-7,10H2,1H3. The van der Waals surface area contributed by atoms with Gasteiger partial charge in [0.25, 0.3) is 0 Å². The third-order valence-corrected chi connectivity index (χ3v) is 4.49. The van der Waals surface area contributed by atoms with E-state index in [1.165, 1.54) is 31.4 Å². The zero-order valence-electron chi connectivity index (χ0n) is 15.8. The topological polar surface area (TPSA) is 68.1 Å². The Kier molecular flexibility index (Phi) is 6.68. The molecular formula is C21H23F2N3O2. The first-order chi connectivity index (χ1) is 13.6. The van der Waals surface area contributed by atoms with Crippen molar-refractivity contribution >= 4 is 10.8 Å². The van der Waals surface area contributed by atoms with E-state index < -0.39 is 11.8 Å². The van der Waals surface area contributed by atoms with Gasteiger partial charge in [0.05, 0.1) is 30.0 Å². The van der Waals surface area contributed by atoms with E-state index in [9.17, 15) is 13.9 Å². The SMILES string of the molecule is CCCCCCCCOc1cc2ccc(-c3ncc(O)cn3)c(F)c2c(F)n1. The molecule has 0 saturated heterocycles. The third-order valence-electron chi connectivity index (χ3n) is 4.49. The highest BCUT2D eigenvalue weighted by Crippen LogP contribution is 2.30. The van der Waals surface area contributed by atoms with E-state index in [-0.39, 0.29) is 28.4 Å². The number of fused-ring (bicyclic) bond motifs is 1. The smallest absolute Gasteiger partial charge is 0.227 e. The largest absolute Gasteiger partial charge is 0.505 e. The Morgan fingerprint density at radius 1 is 1.00 bits per heavy atom. The molecule has 0 fully saturated rings. The van der Waals surface area contributed by atoms with Crippen molar-refractivity contribution in [2.24, 2.45) is 0 Å². The molecule has 0 atom stereocenters. The highest BCUT2D eigenvalue weighted by Gasteiger charge is 2.17. The number of benzene rings is 1. The average Bonchev–Trinajstić information content (AvgIpc) is 2.68. The van der Waals surface area contributed by atoms with Crippen molar-refractivity contribution in [1.29, 1.82) is 0 Å². The molecule has 1 N–H and O–H groups in total. The highest BCUT2D eigenvalue weighted by atomic mass is 19.1. The van der Waals surface area contributed by atoms with E-state index in [2.05, 4.69) is 21.9 Å². The molecule has 0 unspecified atom stereocenters. The van der Waals surface area contributed by atoms with Gasteiger partial charge in [-0.2, -0.15) is 9.37 Å². The van der Waals surface area contributed by atoms with Crippen LogP contribution in [0.25, 0.3) is 22.2 Å². The summed E-state index contributed by atoms with van der Waals surface area (Å²) in [5, 5.41) is 9.38. The lowest BCUT2D eigenvalue weighted by atomic mass is 10.1. The predicted molar refractivity (Wildman–Crippen MR) is 103 cm³/mol. The average molecular weight is 387 g/mol. The van der Waals surface area contributed by atoms with Gasteiger partial charge >= 0.3 is 0 Å². The number of rotatable bonds is 9. The highest BCUT2D eigenvalue weighted by molar-refractivity contribution is 5.87. The van der Waals surface area contributed by atoms with Crippen molar-refractivity contribution < 1.29 is 18.6 Å². The van der Waals surface area contributed by atoms with Gasteiger partial charge in [-0.25, -0.2) is 14.4 Å². The number of aromatic nitrogens is 3. The molecule has 7 heteroatoms. The van der Waals surface area contributed by atoms with Crippen LogP contribution in [0.15, 0.2) is 30.6 Å². The Bertz CT molecular complexity index is 933. The van der Waals surface area contributed by atoms with Crippen LogP contribution >= 0.6 is 0 Å². The number of nitrogens with zero attached hydrogens (tertiary/aromatic N) is 3. The fourth-order valence-corrected chi connectivity index (χ4v) is 3.00. The van der Waals surface area contributed by atoms with Gasteiger partial charge in [0.2, 0.25) is 11.8 Å². The summed E-state index contributed by atoms with van der Waals surface area (Å²) in [7, 11) is 0. The Morgan fingerprint density at radius 2 is 1.71 bits per heavy atom. The maximum Gasteiger partial charge on any atom is 0.227 e. The summed E-state index contributed by atoms with van der Waals surface area (Å²) in [6, 6.07) is 4.58. The van der Waals surface area contributed by atoms with Crippen LogP contribution in [-0.2, 0) is 0 Å². The second kappa shape index (κ2) is 9.39. The van der Waals surface area contributed by atoms with Gasteiger partial charge < -0.3 is 9.84 Å². The van der Waals surface area contributed by atoms with Crippen LogP contribution in [-0.4, -0.2) is 26.7 Å². The molecule has 5 nitrogen and oxygen atoms in total. The molecule has 3 rings (SSSR count). The maximum atomic E-state index is 14.8. The van der Waals surface area contributed by atoms with Crippen LogP contribution in [0.1, 0.15) is 45.4 Å². The molecule has 0 aliphatic rings. The van der Waals surface area contributed by atoms with Crippen molar-refractivity contribution in [3.8, 4) is 23.0 Å². The van der Waals surface area contributed by atoms with Crippen LogP contribution in [0.5, 0.6) is 11.6 Å². The van der Waals surface area contributed by atoms with Crippen molar-refractivity contribution in [3.05, 3.63) is 42.4 Å². The summed E-state index contributed by atoms with van der Waals surface area (Å²) in [4.78, 5) is 11.5. The van der Waals surface area contributed by atoms with Crippen LogP contribution in [0.2, 0.25) is 0 Å². The summed E-state index contributed by atoms with van der Waals surface area (Å²) >= 11 is 0. The van der Waals surface area contributed by atoms with Crippen molar-refractivity contribution in [3.63, 3.8) is 0 Å². The van der Waals surface area contributed by atoms with Crippen LogP contribution in [0, 0.1) is 11.8 Å². The summed E-state index contributed by atoms with van der Waals surface area (Å²) in [5.74, 6) is -1.67. The lowest BCUT2D eigenvalue weighted by Crippen LogP contribution is -2.02.